The number of rotatable bonds is 8. The summed E-state index contributed by atoms with van der Waals surface area (Å²) >= 11 is 0. The number of urea groups is 1. The topological polar surface area (TPSA) is 98.8 Å². The van der Waals surface area contributed by atoms with Crippen LogP contribution in [0.4, 0.5) is 26.2 Å². The lowest BCUT2D eigenvalue weighted by Gasteiger charge is -2.38. The maximum atomic E-state index is 16.4. The molecule has 1 aliphatic rings. The first kappa shape index (κ1) is 27.3. The van der Waals surface area contributed by atoms with E-state index in [2.05, 4.69) is 50.0 Å². The van der Waals surface area contributed by atoms with Crippen molar-refractivity contribution < 1.29 is 9.18 Å². The highest BCUT2D eigenvalue weighted by molar-refractivity contribution is 6.03. The van der Waals surface area contributed by atoms with E-state index in [1.165, 1.54) is 6.42 Å². The van der Waals surface area contributed by atoms with Gasteiger partial charge in [0.2, 0.25) is 5.82 Å². The van der Waals surface area contributed by atoms with Gasteiger partial charge in [0, 0.05) is 23.8 Å². The third kappa shape index (κ3) is 6.30. The van der Waals surface area contributed by atoms with Crippen molar-refractivity contribution in [1.29, 1.82) is 0 Å². The Morgan fingerprint density at radius 2 is 1.75 bits per heavy atom. The SMILES string of the molecule is Cc1ccc(NC(=O)Nc2cc(-c3ccccc3-c3nn[nH]n3)cc(F)c2N(CC(C)C)C2CCCCC2)cc1. The zero-order valence-corrected chi connectivity index (χ0v) is 23.2. The quantitative estimate of drug-likeness (QED) is 0.216. The van der Waals surface area contributed by atoms with Crippen LogP contribution >= 0.6 is 0 Å². The summed E-state index contributed by atoms with van der Waals surface area (Å²) in [4.78, 5) is 15.4. The van der Waals surface area contributed by atoms with Crippen LogP contribution in [0.25, 0.3) is 22.5 Å². The summed E-state index contributed by atoms with van der Waals surface area (Å²) in [7, 11) is 0. The van der Waals surface area contributed by atoms with E-state index in [0.29, 0.717) is 46.5 Å². The van der Waals surface area contributed by atoms with Crippen molar-refractivity contribution in [2.45, 2.75) is 58.9 Å². The minimum Gasteiger partial charge on any atom is -0.364 e. The Morgan fingerprint density at radius 3 is 2.42 bits per heavy atom. The molecule has 208 valence electrons. The molecule has 0 bridgehead atoms. The van der Waals surface area contributed by atoms with Gasteiger partial charge in [-0.15, -0.1) is 10.2 Å². The van der Waals surface area contributed by atoms with E-state index in [1.807, 2.05) is 61.5 Å². The normalized spacial score (nSPS) is 13.8. The third-order valence-corrected chi connectivity index (χ3v) is 7.31. The summed E-state index contributed by atoms with van der Waals surface area (Å²) in [5.41, 5.74) is 4.68. The van der Waals surface area contributed by atoms with E-state index in [9.17, 15) is 4.79 Å². The number of tetrazole rings is 1. The van der Waals surface area contributed by atoms with Gasteiger partial charge in [-0.25, -0.2) is 9.18 Å². The van der Waals surface area contributed by atoms with Crippen LogP contribution in [-0.2, 0) is 0 Å². The zero-order valence-electron chi connectivity index (χ0n) is 23.2. The first-order chi connectivity index (χ1) is 19.4. The predicted molar refractivity (Wildman–Crippen MR) is 158 cm³/mol. The number of nitrogens with one attached hydrogen (secondary N) is 3. The number of hydrogen-bond donors (Lipinski definition) is 3. The highest BCUT2D eigenvalue weighted by atomic mass is 19.1. The highest BCUT2D eigenvalue weighted by Gasteiger charge is 2.28. The molecule has 4 aromatic rings. The number of carbonyl (C=O) groups is 1. The number of benzene rings is 3. The Kier molecular flexibility index (Phi) is 8.38. The van der Waals surface area contributed by atoms with E-state index in [0.717, 1.165) is 36.8 Å². The molecule has 0 saturated heterocycles. The summed E-state index contributed by atoms with van der Waals surface area (Å²) in [6.07, 6.45) is 5.44. The van der Waals surface area contributed by atoms with Crippen LogP contribution in [0, 0.1) is 18.7 Å². The molecule has 0 atom stereocenters. The molecule has 0 aliphatic heterocycles. The maximum absolute atomic E-state index is 16.4. The maximum Gasteiger partial charge on any atom is 0.323 e. The van der Waals surface area contributed by atoms with Gasteiger partial charge >= 0.3 is 6.03 Å². The highest BCUT2D eigenvalue weighted by Crippen LogP contribution is 2.40. The largest absolute Gasteiger partial charge is 0.364 e. The lowest BCUT2D eigenvalue weighted by Crippen LogP contribution is -2.40. The van der Waals surface area contributed by atoms with Crippen LogP contribution in [0.3, 0.4) is 0 Å². The second kappa shape index (κ2) is 12.3. The number of anilines is 3. The second-order valence-electron chi connectivity index (χ2n) is 10.9. The molecule has 0 radical (unpaired) electrons. The Morgan fingerprint density at radius 1 is 1.02 bits per heavy atom. The van der Waals surface area contributed by atoms with Crippen LogP contribution in [0.5, 0.6) is 0 Å². The van der Waals surface area contributed by atoms with Gasteiger partial charge < -0.3 is 15.5 Å². The predicted octanol–water partition coefficient (Wildman–Crippen LogP) is 7.42. The molecule has 8 nitrogen and oxygen atoms in total. The van der Waals surface area contributed by atoms with Crippen molar-refractivity contribution in [3.05, 3.63) is 72.0 Å². The first-order valence-electron chi connectivity index (χ1n) is 14.0. The summed E-state index contributed by atoms with van der Waals surface area (Å²) in [6, 6.07) is 18.3. The standard InChI is InChI=1S/C31H36FN7O/c1-20(2)19-39(24-9-5-4-6-10-24)29-27(32)17-22(25-11-7-8-12-26(25)30-35-37-38-36-30)18-28(29)34-31(40)33-23-15-13-21(3)14-16-23/h7-8,11-18,20,24H,4-6,9-10,19H2,1-3H3,(H2,33,34,40)(H,35,36,37,38). The Hall–Kier alpha value is -4.27. The third-order valence-electron chi connectivity index (χ3n) is 7.31. The molecular weight excluding hydrogens is 505 g/mol. The zero-order chi connectivity index (χ0) is 28.1. The van der Waals surface area contributed by atoms with Crippen LogP contribution in [0.15, 0.2) is 60.7 Å². The van der Waals surface area contributed by atoms with Crippen molar-refractivity contribution in [2.75, 3.05) is 22.1 Å². The molecule has 1 aliphatic carbocycles. The van der Waals surface area contributed by atoms with E-state index >= 15 is 4.39 Å². The molecule has 1 aromatic heterocycles. The number of hydrogen-bond acceptors (Lipinski definition) is 5. The lowest BCUT2D eigenvalue weighted by molar-refractivity contribution is 0.262. The number of halogens is 1. The summed E-state index contributed by atoms with van der Waals surface area (Å²) in [5.74, 6) is 0.349. The van der Waals surface area contributed by atoms with Gasteiger partial charge in [0.05, 0.1) is 11.4 Å². The summed E-state index contributed by atoms with van der Waals surface area (Å²) < 4.78 is 16.4. The van der Waals surface area contributed by atoms with Gasteiger partial charge in [-0.3, -0.25) is 0 Å². The van der Waals surface area contributed by atoms with Crippen LogP contribution in [-0.4, -0.2) is 39.2 Å². The van der Waals surface area contributed by atoms with Crippen LogP contribution < -0.4 is 15.5 Å². The molecule has 0 unspecified atom stereocenters. The summed E-state index contributed by atoms with van der Waals surface area (Å²) in [6.45, 7) is 6.96. The van der Waals surface area contributed by atoms with E-state index in [1.54, 1.807) is 6.07 Å². The summed E-state index contributed by atoms with van der Waals surface area (Å²) in [5, 5.41) is 20.3. The molecular formula is C31H36FN7O. The number of aromatic nitrogens is 4. The number of carbonyl (C=O) groups excluding carboxylic acids is 1. The molecule has 1 heterocycles. The van der Waals surface area contributed by atoms with E-state index in [4.69, 9.17) is 0 Å². The van der Waals surface area contributed by atoms with E-state index in [-0.39, 0.29) is 11.9 Å². The number of aryl methyl sites for hydroxylation is 1. The fraction of sp³-hybridized carbons (Fsp3) is 0.355. The average molecular weight is 542 g/mol. The monoisotopic (exact) mass is 541 g/mol. The number of H-pyrrole nitrogens is 1. The molecule has 3 N–H and O–H groups in total. The van der Waals surface area contributed by atoms with Crippen LogP contribution in [0.2, 0.25) is 0 Å². The van der Waals surface area contributed by atoms with Crippen molar-refractivity contribution >= 4 is 23.1 Å². The molecule has 1 saturated carbocycles. The van der Waals surface area contributed by atoms with Crippen molar-refractivity contribution in [2.24, 2.45) is 5.92 Å². The van der Waals surface area contributed by atoms with Gasteiger partial charge in [0.25, 0.3) is 0 Å². The molecule has 40 heavy (non-hydrogen) atoms. The molecule has 5 rings (SSSR count). The number of amides is 2. The van der Waals surface area contributed by atoms with Crippen molar-refractivity contribution in [3.63, 3.8) is 0 Å². The second-order valence-corrected chi connectivity index (χ2v) is 10.9. The fourth-order valence-electron chi connectivity index (χ4n) is 5.48. The lowest BCUT2D eigenvalue weighted by atomic mass is 9.92. The van der Waals surface area contributed by atoms with Crippen LogP contribution in [0.1, 0.15) is 51.5 Å². The smallest absolute Gasteiger partial charge is 0.323 e. The van der Waals surface area contributed by atoms with Gasteiger partial charge in [-0.05, 0) is 66.3 Å². The average Bonchev–Trinajstić information content (AvgIpc) is 3.49. The molecule has 9 heteroatoms. The van der Waals surface area contributed by atoms with Crippen molar-refractivity contribution in [3.8, 4) is 22.5 Å². The number of nitrogens with zero attached hydrogens (tertiary/aromatic N) is 4. The Labute approximate surface area is 234 Å². The molecule has 2 amide bonds. The minimum atomic E-state index is -0.429. The minimum absolute atomic E-state index is 0.212. The van der Waals surface area contributed by atoms with Gasteiger partial charge in [0.15, 0.2) is 0 Å². The Bertz CT molecular complexity index is 1430. The molecule has 0 spiro atoms. The molecule has 3 aromatic carbocycles. The van der Waals surface area contributed by atoms with Gasteiger partial charge in [-0.2, -0.15) is 5.21 Å². The van der Waals surface area contributed by atoms with Gasteiger partial charge in [0.1, 0.15) is 5.82 Å². The first-order valence-corrected chi connectivity index (χ1v) is 14.0. The Balaban J connectivity index is 1.59. The van der Waals surface area contributed by atoms with Gasteiger partial charge in [-0.1, -0.05) is 75.1 Å². The van der Waals surface area contributed by atoms with Crippen molar-refractivity contribution in [1.82, 2.24) is 20.6 Å². The molecule has 1 fully saturated rings. The fourth-order valence-corrected chi connectivity index (χ4v) is 5.48. The number of aromatic amines is 1. The van der Waals surface area contributed by atoms with E-state index < -0.39 is 6.03 Å².